The Morgan fingerprint density at radius 2 is 1.72 bits per heavy atom. The number of halogens is 1. The standard InChI is InChI=1S/C17H15Br/c1-11-6-3-4-8-14(11)16-12(2)10-13-7-5-9-15(18)17(13)16/h3-10,16H,1-2H3. The zero-order valence-corrected chi connectivity index (χ0v) is 12.2. The molecule has 0 bridgehead atoms. The lowest BCUT2D eigenvalue weighted by molar-refractivity contribution is 0.956. The van der Waals surface area contributed by atoms with Gasteiger partial charge in [0.25, 0.3) is 0 Å². The number of hydrogen-bond acceptors (Lipinski definition) is 0. The first-order valence-corrected chi connectivity index (χ1v) is 7.00. The van der Waals surface area contributed by atoms with E-state index in [2.05, 4.69) is 78.3 Å². The molecule has 1 unspecified atom stereocenters. The lowest BCUT2D eigenvalue weighted by atomic mass is 9.86. The fourth-order valence-corrected chi connectivity index (χ4v) is 3.46. The van der Waals surface area contributed by atoms with E-state index < -0.39 is 0 Å². The second kappa shape index (κ2) is 4.40. The summed E-state index contributed by atoms with van der Waals surface area (Å²) in [6, 6.07) is 15.1. The molecule has 18 heavy (non-hydrogen) atoms. The van der Waals surface area contributed by atoms with Crippen LogP contribution in [0, 0.1) is 6.92 Å². The second-order valence-corrected chi connectivity index (χ2v) is 5.78. The molecule has 1 aliphatic carbocycles. The molecule has 0 N–H and O–H groups in total. The van der Waals surface area contributed by atoms with Crippen molar-refractivity contribution in [2.24, 2.45) is 0 Å². The number of benzene rings is 2. The van der Waals surface area contributed by atoms with Crippen LogP contribution in [0.4, 0.5) is 0 Å². The van der Waals surface area contributed by atoms with E-state index in [1.54, 1.807) is 0 Å². The van der Waals surface area contributed by atoms with Crippen LogP contribution in [0.15, 0.2) is 52.5 Å². The molecule has 0 amide bonds. The minimum Gasteiger partial charge on any atom is -0.0620 e. The van der Waals surface area contributed by atoms with Crippen molar-refractivity contribution in [3.8, 4) is 0 Å². The van der Waals surface area contributed by atoms with E-state index in [1.165, 1.54) is 32.3 Å². The van der Waals surface area contributed by atoms with Crippen LogP contribution in [0.1, 0.15) is 35.1 Å². The van der Waals surface area contributed by atoms with Crippen molar-refractivity contribution >= 4 is 22.0 Å². The van der Waals surface area contributed by atoms with Gasteiger partial charge in [0, 0.05) is 10.4 Å². The summed E-state index contributed by atoms with van der Waals surface area (Å²) >= 11 is 3.70. The van der Waals surface area contributed by atoms with Gasteiger partial charge in [-0.2, -0.15) is 0 Å². The Kier molecular flexibility index (Phi) is 2.87. The number of aryl methyl sites for hydroxylation is 1. The minimum absolute atomic E-state index is 0.400. The van der Waals surface area contributed by atoms with Gasteiger partial charge >= 0.3 is 0 Å². The summed E-state index contributed by atoms with van der Waals surface area (Å²) in [5, 5.41) is 0. The highest BCUT2D eigenvalue weighted by Crippen LogP contribution is 2.44. The number of rotatable bonds is 1. The molecule has 1 heteroatoms. The Bertz CT molecular complexity index is 638. The first-order chi connectivity index (χ1) is 8.68. The predicted octanol–water partition coefficient (Wildman–Crippen LogP) is 5.31. The zero-order valence-electron chi connectivity index (χ0n) is 10.6. The molecular formula is C17H15Br. The first kappa shape index (κ1) is 11.7. The van der Waals surface area contributed by atoms with Gasteiger partial charge in [-0.3, -0.25) is 0 Å². The monoisotopic (exact) mass is 298 g/mol. The summed E-state index contributed by atoms with van der Waals surface area (Å²) in [7, 11) is 0. The molecule has 3 rings (SSSR count). The van der Waals surface area contributed by atoms with Gasteiger partial charge in [0.1, 0.15) is 0 Å². The molecule has 0 spiro atoms. The zero-order chi connectivity index (χ0) is 12.7. The molecule has 0 aromatic heterocycles. The summed E-state index contributed by atoms with van der Waals surface area (Å²) in [6.07, 6.45) is 2.30. The Morgan fingerprint density at radius 3 is 2.50 bits per heavy atom. The smallest absolute Gasteiger partial charge is 0.0319 e. The average Bonchev–Trinajstić information content (AvgIpc) is 2.68. The van der Waals surface area contributed by atoms with Crippen molar-refractivity contribution in [2.45, 2.75) is 19.8 Å². The summed E-state index contributed by atoms with van der Waals surface area (Å²) < 4.78 is 1.21. The molecule has 0 saturated heterocycles. The molecule has 2 aromatic carbocycles. The van der Waals surface area contributed by atoms with Crippen molar-refractivity contribution in [2.75, 3.05) is 0 Å². The first-order valence-electron chi connectivity index (χ1n) is 6.20. The quantitative estimate of drug-likeness (QED) is 0.669. The summed E-state index contributed by atoms with van der Waals surface area (Å²) in [5.74, 6) is 0.400. The summed E-state index contributed by atoms with van der Waals surface area (Å²) in [4.78, 5) is 0. The van der Waals surface area contributed by atoms with E-state index in [1.807, 2.05) is 0 Å². The molecule has 0 saturated carbocycles. The van der Waals surface area contributed by atoms with Gasteiger partial charge in [0.2, 0.25) is 0 Å². The SMILES string of the molecule is CC1=Cc2cccc(Br)c2C1c1ccccc1C. The number of hydrogen-bond donors (Lipinski definition) is 0. The van der Waals surface area contributed by atoms with Gasteiger partial charge in [-0.15, -0.1) is 0 Å². The van der Waals surface area contributed by atoms with Gasteiger partial charge < -0.3 is 0 Å². The van der Waals surface area contributed by atoms with Crippen LogP contribution in [0.25, 0.3) is 6.08 Å². The number of allylic oxidation sites excluding steroid dienone is 1. The predicted molar refractivity (Wildman–Crippen MR) is 80.8 cm³/mol. The van der Waals surface area contributed by atoms with E-state index in [4.69, 9.17) is 0 Å². The van der Waals surface area contributed by atoms with Crippen LogP contribution in [0.3, 0.4) is 0 Å². The maximum Gasteiger partial charge on any atom is 0.0319 e. The van der Waals surface area contributed by atoms with Crippen LogP contribution in [-0.2, 0) is 0 Å². The third-order valence-electron chi connectivity index (χ3n) is 3.71. The average molecular weight is 299 g/mol. The maximum atomic E-state index is 3.70. The Balaban J connectivity index is 2.22. The molecule has 90 valence electrons. The third kappa shape index (κ3) is 1.74. The van der Waals surface area contributed by atoms with Crippen molar-refractivity contribution < 1.29 is 0 Å². The maximum absolute atomic E-state index is 3.70. The minimum atomic E-state index is 0.400. The fraction of sp³-hybridized carbons (Fsp3) is 0.176. The Labute approximate surface area is 116 Å². The lowest BCUT2D eigenvalue weighted by Crippen LogP contribution is -2.02. The molecule has 0 aliphatic heterocycles. The lowest BCUT2D eigenvalue weighted by Gasteiger charge is -2.18. The summed E-state index contributed by atoms with van der Waals surface area (Å²) in [5.41, 5.74) is 6.95. The molecule has 1 aliphatic rings. The van der Waals surface area contributed by atoms with E-state index in [-0.39, 0.29) is 0 Å². The van der Waals surface area contributed by atoms with E-state index >= 15 is 0 Å². The van der Waals surface area contributed by atoms with E-state index in [9.17, 15) is 0 Å². The van der Waals surface area contributed by atoms with Crippen LogP contribution in [0.5, 0.6) is 0 Å². The molecule has 0 fully saturated rings. The fourth-order valence-electron chi connectivity index (χ4n) is 2.85. The van der Waals surface area contributed by atoms with Crippen LogP contribution >= 0.6 is 15.9 Å². The van der Waals surface area contributed by atoms with Gasteiger partial charge in [0.05, 0.1) is 0 Å². The van der Waals surface area contributed by atoms with Crippen LogP contribution < -0.4 is 0 Å². The molecule has 0 radical (unpaired) electrons. The second-order valence-electron chi connectivity index (χ2n) is 4.92. The van der Waals surface area contributed by atoms with Crippen LogP contribution in [0.2, 0.25) is 0 Å². The van der Waals surface area contributed by atoms with Gasteiger partial charge in [0.15, 0.2) is 0 Å². The Hall–Kier alpha value is -1.34. The largest absolute Gasteiger partial charge is 0.0620 e. The highest BCUT2D eigenvalue weighted by molar-refractivity contribution is 9.10. The number of fused-ring (bicyclic) bond motifs is 1. The molecule has 2 aromatic rings. The van der Waals surface area contributed by atoms with Gasteiger partial charge in [-0.05, 0) is 42.2 Å². The summed E-state index contributed by atoms with van der Waals surface area (Å²) in [6.45, 7) is 4.42. The normalized spacial score (nSPS) is 17.5. The molecule has 1 atom stereocenters. The van der Waals surface area contributed by atoms with Gasteiger partial charge in [-0.25, -0.2) is 0 Å². The highest BCUT2D eigenvalue weighted by Gasteiger charge is 2.26. The Morgan fingerprint density at radius 1 is 0.944 bits per heavy atom. The highest BCUT2D eigenvalue weighted by atomic mass is 79.9. The van der Waals surface area contributed by atoms with Crippen molar-refractivity contribution in [3.05, 3.63) is 74.8 Å². The van der Waals surface area contributed by atoms with Crippen molar-refractivity contribution in [1.29, 1.82) is 0 Å². The van der Waals surface area contributed by atoms with Crippen molar-refractivity contribution in [1.82, 2.24) is 0 Å². The van der Waals surface area contributed by atoms with E-state index in [0.29, 0.717) is 5.92 Å². The molecule has 0 nitrogen and oxygen atoms in total. The van der Waals surface area contributed by atoms with E-state index in [0.717, 1.165) is 0 Å². The molecular weight excluding hydrogens is 284 g/mol. The van der Waals surface area contributed by atoms with Crippen LogP contribution in [-0.4, -0.2) is 0 Å². The van der Waals surface area contributed by atoms with Crippen molar-refractivity contribution in [3.63, 3.8) is 0 Å². The topological polar surface area (TPSA) is 0 Å². The third-order valence-corrected chi connectivity index (χ3v) is 4.40. The van der Waals surface area contributed by atoms with Gasteiger partial charge in [-0.1, -0.05) is 64.0 Å². The molecule has 0 heterocycles.